The van der Waals surface area contributed by atoms with Crippen LogP contribution in [0.15, 0.2) is 186 Å². The summed E-state index contributed by atoms with van der Waals surface area (Å²) in [6.07, 6.45) is -0.294. The molecular formula is C47H32N2O2. The summed E-state index contributed by atoms with van der Waals surface area (Å²) in [6, 6.07) is 63.9. The lowest BCUT2D eigenvalue weighted by atomic mass is 9.98. The monoisotopic (exact) mass is 656 g/mol. The molecule has 10 rings (SSSR count). The molecule has 1 aromatic heterocycles. The second kappa shape index (κ2) is 12.0. The first-order valence-electron chi connectivity index (χ1n) is 17.3. The molecule has 1 unspecified atom stereocenters. The van der Waals surface area contributed by atoms with Crippen molar-refractivity contribution in [1.82, 2.24) is 0 Å². The maximum absolute atomic E-state index is 6.61. The average Bonchev–Trinajstić information content (AvgIpc) is 3.80. The van der Waals surface area contributed by atoms with Gasteiger partial charge in [-0.2, -0.15) is 0 Å². The molecule has 1 N–H and O–H groups in total. The van der Waals surface area contributed by atoms with Gasteiger partial charge in [0.05, 0.1) is 11.3 Å². The molecule has 0 fully saturated rings. The minimum absolute atomic E-state index is 0.294. The van der Waals surface area contributed by atoms with Gasteiger partial charge < -0.3 is 19.4 Å². The molecule has 1 aliphatic heterocycles. The molecule has 1 atom stereocenters. The highest BCUT2D eigenvalue weighted by atomic mass is 16.5. The number of para-hydroxylation sites is 1. The topological polar surface area (TPSA) is 37.6 Å². The molecule has 0 spiro atoms. The van der Waals surface area contributed by atoms with Crippen LogP contribution in [-0.4, -0.2) is 0 Å². The molecule has 0 radical (unpaired) electrons. The molecule has 1 aliphatic rings. The molecule has 8 aromatic carbocycles. The van der Waals surface area contributed by atoms with Gasteiger partial charge in [0, 0.05) is 33.4 Å². The van der Waals surface area contributed by atoms with Gasteiger partial charge in [-0.3, -0.25) is 0 Å². The maximum atomic E-state index is 6.61. The Bertz CT molecular complexity index is 2700. The highest BCUT2D eigenvalue weighted by Crippen LogP contribution is 2.51. The number of rotatable bonds is 6. The van der Waals surface area contributed by atoms with Gasteiger partial charge in [0.15, 0.2) is 6.23 Å². The predicted octanol–water partition coefficient (Wildman–Crippen LogP) is 13.0. The second-order valence-electron chi connectivity index (χ2n) is 13.0. The van der Waals surface area contributed by atoms with Gasteiger partial charge in [-0.05, 0) is 76.0 Å². The number of furan rings is 1. The first-order chi connectivity index (χ1) is 25.3. The van der Waals surface area contributed by atoms with Gasteiger partial charge in [-0.25, -0.2) is 0 Å². The molecule has 0 saturated carbocycles. The smallest absolute Gasteiger partial charge is 0.196 e. The van der Waals surface area contributed by atoms with Crippen LogP contribution >= 0.6 is 0 Å². The van der Waals surface area contributed by atoms with Crippen molar-refractivity contribution in [3.63, 3.8) is 0 Å². The second-order valence-corrected chi connectivity index (χ2v) is 13.0. The van der Waals surface area contributed by atoms with E-state index in [2.05, 4.69) is 162 Å². The van der Waals surface area contributed by atoms with Gasteiger partial charge in [-0.1, -0.05) is 133 Å². The summed E-state index contributed by atoms with van der Waals surface area (Å²) in [5.41, 5.74) is 11.3. The normalized spacial score (nSPS) is 13.6. The van der Waals surface area contributed by atoms with Crippen molar-refractivity contribution in [1.29, 1.82) is 0 Å². The first kappa shape index (κ1) is 29.2. The van der Waals surface area contributed by atoms with Crippen LogP contribution in [0.4, 0.5) is 22.7 Å². The quantitative estimate of drug-likeness (QED) is 0.193. The Hall–Kier alpha value is -6.78. The van der Waals surface area contributed by atoms with Crippen LogP contribution in [0.3, 0.4) is 0 Å². The summed E-state index contributed by atoms with van der Waals surface area (Å²) < 4.78 is 13.2. The van der Waals surface area contributed by atoms with Gasteiger partial charge in [0.25, 0.3) is 0 Å². The van der Waals surface area contributed by atoms with E-state index in [0.29, 0.717) is 0 Å². The summed E-state index contributed by atoms with van der Waals surface area (Å²) in [4.78, 5) is 2.33. The first-order valence-corrected chi connectivity index (χ1v) is 17.3. The number of nitrogens with one attached hydrogen (secondary N) is 1. The zero-order chi connectivity index (χ0) is 33.7. The van der Waals surface area contributed by atoms with E-state index >= 15 is 0 Å². The summed E-state index contributed by atoms with van der Waals surface area (Å²) in [7, 11) is 0. The van der Waals surface area contributed by atoms with E-state index in [9.17, 15) is 0 Å². The van der Waals surface area contributed by atoms with Crippen LogP contribution in [0.25, 0.3) is 55.0 Å². The fraction of sp³-hybridized carbons (Fsp3) is 0.0213. The van der Waals surface area contributed by atoms with Crippen LogP contribution in [0.2, 0.25) is 0 Å². The van der Waals surface area contributed by atoms with Crippen LogP contribution in [0, 0.1) is 0 Å². The van der Waals surface area contributed by atoms with Crippen molar-refractivity contribution in [3.8, 4) is 28.0 Å². The lowest BCUT2D eigenvalue weighted by molar-refractivity contribution is 0.260. The van der Waals surface area contributed by atoms with Crippen molar-refractivity contribution >= 4 is 55.5 Å². The van der Waals surface area contributed by atoms with E-state index < -0.39 is 0 Å². The number of hydrogen-bond donors (Lipinski definition) is 1. The standard InChI is InChI=1S/C47H32N2O2/c1-3-12-31(13-4-1)36-18-11-19-38(28-36)49(39-27-22-32-14-7-8-17-35(32)29-39)37-25-23-33(24-26-37)44-45-43(51-47(48-45)34-15-5-2-6-16-34)30-41-40-20-9-10-21-42(40)50-46(41)44/h1-30,47-48H. The molecule has 51 heavy (non-hydrogen) atoms. The maximum Gasteiger partial charge on any atom is 0.196 e. The summed E-state index contributed by atoms with van der Waals surface area (Å²) in [5, 5.41) is 8.21. The fourth-order valence-corrected chi connectivity index (χ4v) is 7.41. The fourth-order valence-electron chi connectivity index (χ4n) is 7.41. The van der Waals surface area contributed by atoms with E-state index in [-0.39, 0.29) is 6.23 Å². The van der Waals surface area contributed by atoms with Crippen LogP contribution in [-0.2, 0) is 0 Å². The molecule has 0 bridgehead atoms. The SMILES string of the molecule is c1ccc(-c2cccc(N(c3ccc(-c4c5c(cc6c4oc4ccccc46)OC(c4ccccc4)N5)cc3)c3ccc4ccccc4c3)c2)cc1. The average molecular weight is 657 g/mol. The molecule has 0 aliphatic carbocycles. The number of hydrogen-bond acceptors (Lipinski definition) is 4. The third kappa shape index (κ3) is 5.08. The van der Waals surface area contributed by atoms with Crippen molar-refractivity contribution < 1.29 is 9.15 Å². The lowest BCUT2D eigenvalue weighted by Gasteiger charge is -2.26. The highest BCUT2D eigenvalue weighted by Gasteiger charge is 2.30. The number of nitrogens with zero attached hydrogens (tertiary/aromatic N) is 1. The minimum Gasteiger partial charge on any atom is -0.464 e. The number of fused-ring (bicyclic) bond motifs is 5. The van der Waals surface area contributed by atoms with Gasteiger partial charge in [0.2, 0.25) is 0 Å². The molecule has 2 heterocycles. The Morgan fingerprint density at radius 2 is 1.16 bits per heavy atom. The number of ether oxygens (including phenoxy) is 1. The third-order valence-corrected chi connectivity index (χ3v) is 9.87. The third-order valence-electron chi connectivity index (χ3n) is 9.87. The number of anilines is 4. The largest absolute Gasteiger partial charge is 0.464 e. The van der Waals surface area contributed by atoms with E-state index in [0.717, 1.165) is 67.1 Å². The zero-order valence-corrected chi connectivity index (χ0v) is 27.7. The summed E-state index contributed by atoms with van der Waals surface area (Å²) >= 11 is 0. The van der Waals surface area contributed by atoms with Crippen molar-refractivity contribution in [2.45, 2.75) is 6.23 Å². The molecule has 4 heteroatoms. The molecule has 9 aromatic rings. The van der Waals surface area contributed by atoms with Crippen LogP contribution in [0.1, 0.15) is 11.8 Å². The van der Waals surface area contributed by atoms with E-state index in [1.807, 2.05) is 30.3 Å². The van der Waals surface area contributed by atoms with Crippen LogP contribution < -0.4 is 15.0 Å². The van der Waals surface area contributed by atoms with Crippen LogP contribution in [0.5, 0.6) is 5.75 Å². The van der Waals surface area contributed by atoms with E-state index in [1.54, 1.807) is 0 Å². The molecular weight excluding hydrogens is 625 g/mol. The van der Waals surface area contributed by atoms with Gasteiger partial charge in [-0.15, -0.1) is 0 Å². The minimum atomic E-state index is -0.294. The predicted molar refractivity (Wildman–Crippen MR) is 210 cm³/mol. The van der Waals surface area contributed by atoms with Gasteiger partial charge >= 0.3 is 0 Å². The van der Waals surface area contributed by atoms with Gasteiger partial charge in [0.1, 0.15) is 16.9 Å². The Labute approximate surface area is 295 Å². The van der Waals surface area contributed by atoms with Crippen molar-refractivity contribution in [2.24, 2.45) is 0 Å². The number of benzene rings is 8. The Morgan fingerprint density at radius 1 is 0.471 bits per heavy atom. The molecule has 0 amide bonds. The van der Waals surface area contributed by atoms with E-state index in [1.165, 1.54) is 21.9 Å². The van der Waals surface area contributed by atoms with Crippen molar-refractivity contribution in [3.05, 3.63) is 188 Å². The highest BCUT2D eigenvalue weighted by molar-refractivity contribution is 6.14. The zero-order valence-electron chi connectivity index (χ0n) is 27.7. The summed E-state index contributed by atoms with van der Waals surface area (Å²) in [5.74, 6) is 0.817. The Kier molecular flexibility index (Phi) is 6.85. The Morgan fingerprint density at radius 3 is 2.00 bits per heavy atom. The molecule has 0 saturated heterocycles. The van der Waals surface area contributed by atoms with Crippen molar-refractivity contribution in [2.75, 3.05) is 10.2 Å². The summed E-state index contributed by atoms with van der Waals surface area (Å²) in [6.45, 7) is 0. The molecule has 4 nitrogen and oxygen atoms in total. The lowest BCUT2D eigenvalue weighted by Crippen LogP contribution is -2.10. The molecule has 242 valence electrons. The van der Waals surface area contributed by atoms with E-state index in [4.69, 9.17) is 9.15 Å². The Balaban J connectivity index is 1.12.